The number of aromatic nitrogens is 1. The molecule has 1 fully saturated rings. The average molecular weight is 447 g/mol. The molecule has 0 saturated heterocycles. The summed E-state index contributed by atoms with van der Waals surface area (Å²) in [5, 5.41) is 9.70. The Balaban J connectivity index is 0.00000218. The Morgan fingerprint density at radius 2 is 2.07 bits per heavy atom. The van der Waals surface area contributed by atoms with Crippen molar-refractivity contribution in [1.29, 1.82) is 0 Å². The van der Waals surface area contributed by atoms with Gasteiger partial charge in [-0.1, -0.05) is 0 Å². The molecule has 158 valence electrons. The summed E-state index contributed by atoms with van der Waals surface area (Å²) in [5.41, 5.74) is 9.53. The molecule has 1 atom stereocenters. The molecule has 30 heavy (non-hydrogen) atoms. The van der Waals surface area contributed by atoms with E-state index >= 15 is 0 Å². The Bertz CT molecular complexity index is 1210. The van der Waals surface area contributed by atoms with Crippen LogP contribution in [0.15, 0.2) is 23.1 Å². The second-order valence-electron chi connectivity index (χ2n) is 7.91. The molecule has 0 amide bonds. The van der Waals surface area contributed by atoms with Crippen LogP contribution in [0.2, 0.25) is 0 Å². The van der Waals surface area contributed by atoms with Gasteiger partial charge in [0.2, 0.25) is 5.43 Å². The minimum absolute atomic E-state index is 0. The summed E-state index contributed by atoms with van der Waals surface area (Å²) in [7, 11) is 1.59. The number of benzene rings is 1. The zero-order valence-corrected chi connectivity index (χ0v) is 18.1. The molecule has 0 bridgehead atoms. The van der Waals surface area contributed by atoms with Gasteiger partial charge in [0.25, 0.3) is 0 Å². The second-order valence-corrected chi connectivity index (χ2v) is 8.99. The molecule has 2 aliphatic rings. The maximum Gasteiger partial charge on any atom is 0.341 e. The summed E-state index contributed by atoms with van der Waals surface area (Å²) < 4.78 is 5.80. The first kappa shape index (κ1) is 20.9. The normalized spacial score (nSPS) is 18.0. The molecule has 4 N–H and O–H groups in total. The van der Waals surface area contributed by atoms with Crippen LogP contribution in [0, 0.1) is 0 Å². The van der Waals surface area contributed by atoms with Crippen LogP contribution in [0.5, 0.6) is 5.75 Å². The van der Waals surface area contributed by atoms with Gasteiger partial charge in [-0.3, -0.25) is 4.79 Å². The molecule has 1 aromatic carbocycles. The van der Waals surface area contributed by atoms with E-state index in [0.29, 0.717) is 22.6 Å². The van der Waals surface area contributed by atoms with E-state index in [1.54, 1.807) is 18.4 Å². The number of aromatic amines is 1. The maximum absolute atomic E-state index is 12.8. The van der Waals surface area contributed by atoms with Crippen molar-refractivity contribution in [2.75, 3.05) is 7.11 Å². The number of nitrogens with two attached hydrogens (primary N) is 1. The van der Waals surface area contributed by atoms with E-state index in [2.05, 4.69) is 11.1 Å². The third kappa shape index (κ3) is 3.21. The van der Waals surface area contributed by atoms with E-state index < -0.39 is 11.4 Å². The fourth-order valence-electron chi connectivity index (χ4n) is 4.41. The number of pyridine rings is 1. The predicted molar refractivity (Wildman–Crippen MR) is 120 cm³/mol. The highest BCUT2D eigenvalue weighted by atomic mass is 35.5. The molecule has 2 heterocycles. The number of hydrogen-bond donors (Lipinski definition) is 3. The van der Waals surface area contributed by atoms with E-state index in [9.17, 15) is 14.7 Å². The van der Waals surface area contributed by atoms with Gasteiger partial charge in [-0.25, -0.2) is 4.79 Å². The molecule has 0 spiro atoms. The summed E-state index contributed by atoms with van der Waals surface area (Å²) >= 11 is 1.72. The third-order valence-electron chi connectivity index (χ3n) is 6.00. The van der Waals surface area contributed by atoms with Gasteiger partial charge in [-0.05, 0) is 61.3 Å². The second kappa shape index (κ2) is 7.72. The van der Waals surface area contributed by atoms with Gasteiger partial charge in [0.1, 0.15) is 5.56 Å². The number of aryl methyl sites for hydroxylation is 1. The van der Waals surface area contributed by atoms with Crippen molar-refractivity contribution in [2.45, 2.75) is 44.1 Å². The Kier molecular flexibility index (Phi) is 5.38. The molecule has 5 rings (SSSR count). The summed E-state index contributed by atoms with van der Waals surface area (Å²) in [4.78, 5) is 29.6. The zero-order valence-electron chi connectivity index (χ0n) is 16.5. The van der Waals surface area contributed by atoms with E-state index in [-0.39, 0.29) is 24.0 Å². The van der Waals surface area contributed by atoms with Gasteiger partial charge in [0.05, 0.1) is 18.0 Å². The Hall–Kier alpha value is -2.35. The molecular weight excluding hydrogens is 424 g/mol. The van der Waals surface area contributed by atoms with Gasteiger partial charge >= 0.3 is 5.97 Å². The van der Waals surface area contributed by atoms with Crippen molar-refractivity contribution >= 4 is 40.6 Å². The lowest BCUT2D eigenvalue weighted by molar-refractivity contribution is 0.0695. The number of H-pyrrole nitrogens is 1. The van der Waals surface area contributed by atoms with Crippen molar-refractivity contribution in [3.05, 3.63) is 50.1 Å². The van der Waals surface area contributed by atoms with Crippen LogP contribution in [0.4, 0.5) is 0 Å². The number of carboxylic acids is 1. The number of carbonyl (C=O) groups is 1. The average Bonchev–Trinajstić information content (AvgIpc) is 3.45. The van der Waals surface area contributed by atoms with Crippen LogP contribution in [-0.4, -0.2) is 23.2 Å². The maximum atomic E-state index is 12.8. The molecule has 1 saturated carbocycles. The van der Waals surface area contributed by atoms with Crippen LogP contribution in [0.1, 0.15) is 64.0 Å². The molecule has 0 radical (unpaired) electrons. The zero-order chi connectivity index (χ0) is 20.3. The van der Waals surface area contributed by atoms with E-state index in [1.807, 2.05) is 6.07 Å². The predicted octanol–water partition coefficient (Wildman–Crippen LogP) is 4.60. The number of halogens is 1. The lowest BCUT2D eigenvalue weighted by Gasteiger charge is -2.17. The van der Waals surface area contributed by atoms with Crippen LogP contribution >= 0.6 is 23.7 Å². The molecule has 2 aliphatic carbocycles. The van der Waals surface area contributed by atoms with E-state index in [0.717, 1.165) is 48.1 Å². The lowest BCUT2D eigenvalue weighted by atomic mass is 9.93. The van der Waals surface area contributed by atoms with Crippen molar-refractivity contribution in [3.63, 3.8) is 0 Å². The van der Waals surface area contributed by atoms with Crippen molar-refractivity contribution < 1.29 is 14.6 Å². The molecule has 1 unspecified atom stereocenters. The van der Waals surface area contributed by atoms with Gasteiger partial charge in [-0.2, -0.15) is 0 Å². The molecular formula is C22H23ClN2O4S. The minimum atomic E-state index is -1.23. The fourth-order valence-corrected chi connectivity index (χ4v) is 5.72. The summed E-state index contributed by atoms with van der Waals surface area (Å²) in [6, 6.07) is 4.17. The number of carboxylic acid groups (broad SMARTS) is 1. The first-order chi connectivity index (χ1) is 14.0. The van der Waals surface area contributed by atoms with Crippen LogP contribution in [-0.2, 0) is 6.42 Å². The molecule has 0 aliphatic heterocycles. The van der Waals surface area contributed by atoms with Crippen molar-refractivity contribution in [2.24, 2.45) is 5.73 Å². The SMILES string of the molecule is COc1c(-c2cc3c(s2)C(N)CCC3)c(C2CC2)cc2c(=O)c(C(=O)O)c[nH]c12.Cl. The molecule has 8 heteroatoms. The van der Waals surface area contributed by atoms with Gasteiger partial charge in [0.15, 0.2) is 5.75 Å². The monoisotopic (exact) mass is 446 g/mol. The molecule has 3 aromatic rings. The fraction of sp³-hybridized carbons (Fsp3) is 0.364. The van der Waals surface area contributed by atoms with Crippen LogP contribution in [0.3, 0.4) is 0 Å². The lowest BCUT2D eigenvalue weighted by Crippen LogP contribution is -2.16. The first-order valence-corrected chi connectivity index (χ1v) is 10.7. The largest absolute Gasteiger partial charge is 0.494 e. The highest BCUT2D eigenvalue weighted by Crippen LogP contribution is 2.52. The van der Waals surface area contributed by atoms with Crippen molar-refractivity contribution in [1.82, 2.24) is 4.98 Å². The highest BCUT2D eigenvalue weighted by molar-refractivity contribution is 7.15. The quantitative estimate of drug-likeness (QED) is 0.543. The van der Waals surface area contributed by atoms with Gasteiger partial charge in [0, 0.05) is 27.6 Å². The standard InChI is InChI=1S/C22H22N2O4S.ClH/c1-28-20-17(16-7-11-3-2-4-15(23)21(11)29-16)12(10-5-6-10)8-13-18(20)24-9-14(19(13)25)22(26)27;/h7-10,15H,2-6,23H2,1H3,(H,24,25)(H,26,27);1H. The highest BCUT2D eigenvalue weighted by Gasteiger charge is 2.32. The number of nitrogens with one attached hydrogen (secondary N) is 1. The van der Waals surface area contributed by atoms with Crippen LogP contribution < -0.4 is 15.9 Å². The number of aromatic carboxylic acids is 1. The summed E-state index contributed by atoms with van der Waals surface area (Å²) in [6.45, 7) is 0. The summed E-state index contributed by atoms with van der Waals surface area (Å²) in [6.07, 6.45) is 6.51. The Morgan fingerprint density at radius 1 is 1.30 bits per heavy atom. The smallest absolute Gasteiger partial charge is 0.341 e. The Labute approximate surface area is 183 Å². The van der Waals surface area contributed by atoms with E-state index in [4.69, 9.17) is 10.5 Å². The number of methoxy groups -OCH3 is 1. The minimum Gasteiger partial charge on any atom is -0.494 e. The summed E-state index contributed by atoms with van der Waals surface area (Å²) in [5.74, 6) is -0.265. The number of hydrogen-bond acceptors (Lipinski definition) is 5. The third-order valence-corrected chi connectivity index (χ3v) is 7.33. The number of thiophene rings is 1. The van der Waals surface area contributed by atoms with E-state index in [1.165, 1.54) is 16.6 Å². The van der Waals surface area contributed by atoms with Gasteiger partial charge < -0.3 is 20.6 Å². The van der Waals surface area contributed by atoms with Crippen molar-refractivity contribution in [3.8, 4) is 16.2 Å². The number of rotatable bonds is 4. The molecule has 6 nitrogen and oxygen atoms in total. The number of ether oxygens (including phenoxy) is 1. The Morgan fingerprint density at radius 3 is 2.70 bits per heavy atom. The number of fused-ring (bicyclic) bond motifs is 2. The molecule has 2 aromatic heterocycles. The van der Waals surface area contributed by atoms with Gasteiger partial charge in [-0.15, -0.1) is 23.7 Å². The topological polar surface area (TPSA) is 105 Å². The first-order valence-electron chi connectivity index (χ1n) is 9.87. The van der Waals surface area contributed by atoms with Crippen LogP contribution in [0.25, 0.3) is 21.3 Å².